The summed E-state index contributed by atoms with van der Waals surface area (Å²) < 4.78 is 3.01. The Balaban J connectivity index is 1.93. The van der Waals surface area contributed by atoms with Gasteiger partial charge in [-0.25, -0.2) is 4.98 Å². The van der Waals surface area contributed by atoms with E-state index < -0.39 is 6.10 Å². The van der Waals surface area contributed by atoms with Crippen LogP contribution in [0.2, 0.25) is 0 Å². The summed E-state index contributed by atoms with van der Waals surface area (Å²) in [7, 11) is 1.97. The van der Waals surface area contributed by atoms with Crippen LogP contribution in [0, 0.1) is 0 Å². The molecule has 0 aliphatic carbocycles. The minimum atomic E-state index is -0.395. The zero-order valence-corrected chi connectivity index (χ0v) is 11.3. The number of hydrogen-bond acceptors (Lipinski definition) is 3. The molecule has 0 aromatic carbocycles. The second kappa shape index (κ2) is 5.12. The number of rotatable bonds is 4. The highest BCUT2D eigenvalue weighted by Gasteiger charge is 2.11. The molecule has 0 saturated carbocycles. The summed E-state index contributed by atoms with van der Waals surface area (Å²) in [5, 5.41) is 12.0. The fourth-order valence-electron chi connectivity index (χ4n) is 1.55. The van der Waals surface area contributed by atoms with Gasteiger partial charge in [-0.15, -0.1) is 11.3 Å². The van der Waals surface area contributed by atoms with Crippen molar-refractivity contribution in [2.24, 2.45) is 7.05 Å². The molecule has 16 heavy (non-hydrogen) atoms. The molecule has 2 aromatic heterocycles. The molecule has 1 N–H and O–H groups in total. The van der Waals surface area contributed by atoms with Crippen LogP contribution in [0.5, 0.6) is 0 Å². The second-order valence-corrected chi connectivity index (χ2v) is 5.53. The number of hydrogen-bond donors (Lipinski definition) is 1. The highest BCUT2D eigenvalue weighted by molar-refractivity contribution is 9.10. The Morgan fingerprint density at radius 3 is 3.00 bits per heavy atom. The minimum absolute atomic E-state index is 0.395. The van der Waals surface area contributed by atoms with Crippen LogP contribution in [0.4, 0.5) is 0 Å². The summed E-state index contributed by atoms with van der Waals surface area (Å²) in [5.74, 6) is 1.01. The molecule has 5 heteroatoms. The van der Waals surface area contributed by atoms with Crippen molar-refractivity contribution >= 4 is 27.3 Å². The Labute approximate surface area is 107 Å². The van der Waals surface area contributed by atoms with E-state index in [1.54, 1.807) is 17.5 Å². The summed E-state index contributed by atoms with van der Waals surface area (Å²) >= 11 is 4.96. The summed E-state index contributed by atoms with van der Waals surface area (Å²) in [6.07, 6.45) is 4.80. The molecule has 0 aliphatic rings. The standard InChI is InChI=1S/C11H13BrN2OS/c1-14-5-4-13-11(14)3-2-9(15)10-6-8(12)7-16-10/h4-7,9,15H,2-3H2,1H3. The van der Waals surface area contributed by atoms with Gasteiger partial charge in [-0.1, -0.05) is 0 Å². The highest BCUT2D eigenvalue weighted by Crippen LogP contribution is 2.27. The molecule has 0 bridgehead atoms. The SMILES string of the molecule is Cn1ccnc1CCC(O)c1cc(Br)cs1. The Hall–Kier alpha value is -0.650. The third-order valence-corrected chi connectivity index (χ3v) is 4.27. The zero-order valence-electron chi connectivity index (χ0n) is 8.93. The summed E-state index contributed by atoms with van der Waals surface area (Å²) in [5.41, 5.74) is 0. The van der Waals surface area contributed by atoms with Crippen molar-refractivity contribution in [1.82, 2.24) is 9.55 Å². The molecule has 2 rings (SSSR count). The van der Waals surface area contributed by atoms with E-state index in [4.69, 9.17) is 0 Å². The number of aromatic nitrogens is 2. The van der Waals surface area contributed by atoms with Crippen LogP contribution in [0.15, 0.2) is 28.3 Å². The fraction of sp³-hybridized carbons (Fsp3) is 0.364. The first-order chi connectivity index (χ1) is 7.66. The molecule has 0 saturated heterocycles. The van der Waals surface area contributed by atoms with Gasteiger partial charge < -0.3 is 9.67 Å². The molecule has 1 atom stereocenters. The first kappa shape index (κ1) is 11.8. The number of aliphatic hydroxyl groups excluding tert-OH is 1. The van der Waals surface area contributed by atoms with Gasteiger partial charge in [0.1, 0.15) is 5.82 Å². The van der Waals surface area contributed by atoms with Crippen molar-refractivity contribution in [2.45, 2.75) is 18.9 Å². The van der Waals surface area contributed by atoms with Crippen LogP contribution in [-0.4, -0.2) is 14.7 Å². The van der Waals surface area contributed by atoms with Crippen molar-refractivity contribution in [3.8, 4) is 0 Å². The molecule has 86 valence electrons. The van der Waals surface area contributed by atoms with Crippen LogP contribution in [0.1, 0.15) is 23.2 Å². The molecule has 2 heterocycles. The van der Waals surface area contributed by atoms with Gasteiger partial charge in [-0.3, -0.25) is 0 Å². The van der Waals surface area contributed by atoms with Crippen molar-refractivity contribution < 1.29 is 5.11 Å². The van der Waals surface area contributed by atoms with Gasteiger partial charge in [0.2, 0.25) is 0 Å². The first-order valence-corrected chi connectivity index (χ1v) is 6.72. The van der Waals surface area contributed by atoms with Crippen LogP contribution in [-0.2, 0) is 13.5 Å². The van der Waals surface area contributed by atoms with Gasteiger partial charge in [0.05, 0.1) is 6.10 Å². The molecule has 0 aliphatic heterocycles. The van der Waals surface area contributed by atoms with Crippen LogP contribution in [0.25, 0.3) is 0 Å². The molecule has 1 unspecified atom stereocenters. The summed E-state index contributed by atoms with van der Waals surface area (Å²) in [6.45, 7) is 0. The molecular weight excluding hydrogens is 288 g/mol. The van der Waals surface area contributed by atoms with Crippen LogP contribution >= 0.6 is 27.3 Å². The summed E-state index contributed by atoms with van der Waals surface area (Å²) in [6, 6.07) is 1.97. The van der Waals surface area contributed by atoms with Gasteiger partial charge in [0, 0.05) is 40.6 Å². The Bertz CT molecular complexity index is 466. The van der Waals surface area contributed by atoms with E-state index in [0.29, 0.717) is 6.42 Å². The second-order valence-electron chi connectivity index (χ2n) is 3.68. The van der Waals surface area contributed by atoms with Gasteiger partial charge >= 0.3 is 0 Å². The van der Waals surface area contributed by atoms with E-state index in [2.05, 4.69) is 20.9 Å². The lowest BCUT2D eigenvalue weighted by molar-refractivity contribution is 0.170. The molecule has 0 fully saturated rings. The molecule has 0 spiro atoms. The maximum Gasteiger partial charge on any atom is 0.108 e. The van der Waals surface area contributed by atoms with Crippen LogP contribution < -0.4 is 0 Å². The van der Waals surface area contributed by atoms with Gasteiger partial charge in [-0.05, 0) is 28.4 Å². The lowest BCUT2D eigenvalue weighted by Gasteiger charge is -2.07. The number of thiophene rings is 1. The van der Waals surface area contributed by atoms with E-state index in [9.17, 15) is 5.11 Å². The highest BCUT2D eigenvalue weighted by atomic mass is 79.9. The number of nitrogens with zero attached hydrogens (tertiary/aromatic N) is 2. The average Bonchev–Trinajstić information content (AvgIpc) is 2.84. The topological polar surface area (TPSA) is 38.0 Å². The predicted octanol–water partition coefficient (Wildman–Crippen LogP) is 2.91. The Kier molecular flexibility index (Phi) is 3.78. The van der Waals surface area contributed by atoms with E-state index in [1.165, 1.54) is 0 Å². The smallest absolute Gasteiger partial charge is 0.108 e. The minimum Gasteiger partial charge on any atom is -0.388 e. The third kappa shape index (κ3) is 2.72. The number of imidazole rings is 1. The number of aliphatic hydroxyl groups is 1. The maximum atomic E-state index is 9.98. The van der Waals surface area contributed by atoms with E-state index >= 15 is 0 Å². The average molecular weight is 301 g/mol. The van der Waals surface area contributed by atoms with Crippen molar-refractivity contribution in [1.29, 1.82) is 0 Å². The van der Waals surface area contributed by atoms with Crippen molar-refractivity contribution in [3.05, 3.63) is 39.0 Å². The van der Waals surface area contributed by atoms with Crippen molar-refractivity contribution in [2.75, 3.05) is 0 Å². The Morgan fingerprint density at radius 1 is 1.62 bits per heavy atom. The fourth-order valence-corrected chi connectivity index (χ4v) is 3.01. The molecule has 0 amide bonds. The number of aryl methyl sites for hydroxylation is 2. The molecule has 2 aromatic rings. The lowest BCUT2D eigenvalue weighted by Crippen LogP contribution is -2.02. The zero-order chi connectivity index (χ0) is 11.5. The van der Waals surface area contributed by atoms with Crippen molar-refractivity contribution in [3.63, 3.8) is 0 Å². The molecule has 3 nitrogen and oxygen atoms in total. The largest absolute Gasteiger partial charge is 0.388 e. The third-order valence-electron chi connectivity index (χ3n) is 2.48. The van der Waals surface area contributed by atoms with Crippen LogP contribution in [0.3, 0.4) is 0 Å². The quantitative estimate of drug-likeness (QED) is 0.943. The maximum absolute atomic E-state index is 9.98. The monoisotopic (exact) mass is 300 g/mol. The predicted molar refractivity (Wildman–Crippen MR) is 68.5 cm³/mol. The van der Waals surface area contributed by atoms with Gasteiger partial charge in [0.25, 0.3) is 0 Å². The van der Waals surface area contributed by atoms with E-state index in [0.717, 1.165) is 21.6 Å². The molecule has 0 radical (unpaired) electrons. The Morgan fingerprint density at radius 2 is 2.44 bits per heavy atom. The molecular formula is C11H13BrN2OS. The van der Waals surface area contributed by atoms with E-state index in [-0.39, 0.29) is 0 Å². The number of halogens is 1. The first-order valence-electron chi connectivity index (χ1n) is 5.05. The van der Waals surface area contributed by atoms with Gasteiger partial charge in [0.15, 0.2) is 0 Å². The normalized spacial score (nSPS) is 12.9. The lowest BCUT2D eigenvalue weighted by atomic mass is 10.1. The van der Waals surface area contributed by atoms with E-state index in [1.807, 2.05) is 29.3 Å². The van der Waals surface area contributed by atoms with Gasteiger partial charge in [-0.2, -0.15) is 0 Å². The summed E-state index contributed by atoms with van der Waals surface area (Å²) in [4.78, 5) is 5.23.